The average molecular weight is 440 g/mol. The van der Waals surface area contributed by atoms with E-state index in [9.17, 15) is 4.39 Å². The Morgan fingerprint density at radius 2 is 1.71 bits per heavy atom. The standard InChI is InChI=1S/C26H34FN3S/c1-3-22(23-6-7-24(20-28)21(2)19-23)5-4-12-29-13-15-30(16-14-29)17-18-31-26-10-8-25(27)9-11-26/h6-11,19,22H,3-5,12-18H2,1-2H3. The van der Waals surface area contributed by atoms with Crippen molar-refractivity contribution in [2.45, 2.75) is 43.9 Å². The summed E-state index contributed by atoms with van der Waals surface area (Å²) < 4.78 is 13.0. The van der Waals surface area contributed by atoms with Gasteiger partial charge in [-0.3, -0.25) is 4.90 Å². The number of halogens is 1. The van der Waals surface area contributed by atoms with Gasteiger partial charge < -0.3 is 4.90 Å². The van der Waals surface area contributed by atoms with Gasteiger partial charge in [-0.15, -0.1) is 11.8 Å². The fourth-order valence-corrected chi connectivity index (χ4v) is 5.21. The first kappa shape index (κ1) is 23.8. The number of nitriles is 1. The largest absolute Gasteiger partial charge is 0.301 e. The first-order valence-electron chi connectivity index (χ1n) is 11.4. The van der Waals surface area contributed by atoms with Gasteiger partial charge in [0.2, 0.25) is 0 Å². The fraction of sp³-hybridized carbons (Fsp3) is 0.500. The van der Waals surface area contributed by atoms with Gasteiger partial charge in [0, 0.05) is 43.4 Å². The zero-order valence-electron chi connectivity index (χ0n) is 18.8. The summed E-state index contributed by atoms with van der Waals surface area (Å²) in [6.07, 6.45) is 3.57. The van der Waals surface area contributed by atoms with Gasteiger partial charge in [0.15, 0.2) is 0 Å². The Kier molecular flexibility index (Phi) is 9.39. The predicted octanol–water partition coefficient (Wildman–Crippen LogP) is 5.69. The molecular formula is C26H34FN3S. The fourth-order valence-electron chi connectivity index (χ4n) is 4.29. The molecule has 1 unspecified atom stereocenters. The Morgan fingerprint density at radius 1 is 1.03 bits per heavy atom. The molecule has 5 heteroatoms. The molecule has 1 atom stereocenters. The molecule has 2 aromatic rings. The molecule has 1 aliphatic rings. The van der Waals surface area contributed by atoms with Crippen molar-refractivity contribution < 1.29 is 4.39 Å². The van der Waals surface area contributed by atoms with Crippen LogP contribution in [0.4, 0.5) is 4.39 Å². The third-order valence-corrected chi connectivity index (χ3v) is 7.31. The van der Waals surface area contributed by atoms with Crippen molar-refractivity contribution in [3.63, 3.8) is 0 Å². The van der Waals surface area contributed by atoms with Crippen molar-refractivity contribution >= 4 is 11.8 Å². The third-order valence-electron chi connectivity index (χ3n) is 6.32. The smallest absolute Gasteiger partial charge is 0.123 e. The second-order valence-corrected chi connectivity index (χ2v) is 9.59. The number of thioether (sulfide) groups is 1. The van der Waals surface area contributed by atoms with Gasteiger partial charge in [0.1, 0.15) is 5.82 Å². The Morgan fingerprint density at radius 3 is 2.32 bits per heavy atom. The Hall–Kier alpha value is -1.87. The summed E-state index contributed by atoms with van der Waals surface area (Å²) in [6, 6.07) is 15.4. The Bertz CT molecular complexity index is 854. The monoisotopic (exact) mass is 439 g/mol. The van der Waals surface area contributed by atoms with Crippen molar-refractivity contribution in [1.82, 2.24) is 9.80 Å². The van der Waals surface area contributed by atoms with Crippen LogP contribution >= 0.6 is 11.8 Å². The lowest BCUT2D eigenvalue weighted by molar-refractivity contribution is 0.136. The highest BCUT2D eigenvalue weighted by Crippen LogP contribution is 2.27. The molecular weight excluding hydrogens is 405 g/mol. The highest BCUT2D eigenvalue weighted by Gasteiger charge is 2.17. The number of nitrogens with zero attached hydrogens (tertiary/aromatic N) is 3. The minimum atomic E-state index is -0.169. The van der Waals surface area contributed by atoms with Crippen LogP contribution in [-0.2, 0) is 0 Å². The first-order valence-corrected chi connectivity index (χ1v) is 12.4. The molecule has 1 aliphatic heterocycles. The van der Waals surface area contributed by atoms with Crippen LogP contribution in [0.1, 0.15) is 48.8 Å². The second-order valence-electron chi connectivity index (χ2n) is 8.42. The van der Waals surface area contributed by atoms with E-state index in [0.29, 0.717) is 5.92 Å². The second kappa shape index (κ2) is 12.2. The van der Waals surface area contributed by atoms with Crippen molar-refractivity contribution in [3.8, 4) is 6.07 Å². The van der Waals surface area contributed by atoms with Gasteiger partial charge in [-0.25, -0.2) is 4.39 Å². The number of rotatable bonds is 10. The molecule has 0 aliphatic carbocycles. The molecule has 3 rings (SSSR count). The normalized spacial score (nSPS) is 16.2. The maximum atomic E-state index is 13.0. The number of hydrogen-bond acceptors (Lipinski definition) is 4. The topological polar surface area (TPSA) is 30.3 Å². The number of aryl methyl sites for hydroxylation is 1. The number of piperazine rings is 1. The zero-order chi connectivity index (χ0) is 22.1. The van der Waals surface area contributed by atoms with E-state index < -0.39 is 0 Å². The van der Waals surface area contributed by atoms with E-state index in [1.54, 1.807) is 11.8 Å². The van der Waals surface area contributed by atoms with Gasteiger partial charge >= 0.3 is 0 Å². The molecule has 0 amide bonds. The van der Waals surface area contributed by atoms with Gasteiger partial charge in [0.25, 0.3) is 0 Å². The minimum absolute atomic E-state index is 0.169. The third kappa shape index (κ3) is 7.35. The Labute approximate surface area is 191 Å². The van der Waals surface area contributed by atoms with E-state index in [1.807, 2.05) is 25.1 Å². The summed E-state index contributed by atoms with van der Waals surface area (Å²) in [5.41, 5.74) is 3.25. The van der Waals surface area contributed by atoms with Crippen LogP contribution in [0.15, 0.2) is 47.4 Å². The van der Waals surface area contributed by atoms with Crippen LogP contribution in [-0.4, -0.2) is 54.8 Å². The Balaban J connectivity index is 1.33. The number of benzene rings is 2. The van der Waals surface area contributed by atoms with Crippen LogP contribution in [0.3, 0.4) is 0 Å². The minimum Gasteiger partial charge on any atom is -0.301 e. The average Bonchev–Trinajstić information content (AvgIpc) is 2.79. The molecule has 1 heterocycles. The lowest BCUT2D eigenvalue weighted by Crippen LogP contribution is -2.47. The summed E-state index contributed by atoms with van der Waals surface area (Å²) >= 11 is 1.80. The lowest BCUT2D eigenvalue weighted by atomic mass is 9.90. The van der Waals surface area contributed by atoms with Gasteiger partial charge in [0.05, 0.1) is 11.6 Å². The van der Waals surface area contributed by atoms with Crippen LogP contribution in [0.5, 0.6) is 0 Å². The zero-order valence-corrected chi connectivity index (χ0v) is 19.6. The quantitative estimate of drug-likeness (QED) is 0.445. The van der Waals surface area contributed by atoms with Crippen molar-refractivity contribution in [2.24, 2.45) is 0 Å². The van der Waals surface area contributed by atoms with E-state index in [-0.39, 0.29) is 5.82 Å². The van der Waals surface area contributed by atoms with Gasteiger partial charge in [-0.1, -0.05) is 19.1 Å². The summed E-state index contributed by atoms with van der Waals surface area (Å²) in [7, 11) is 0. The van der Waals surface area contributed by atoms with E-state index >= 15 is 0 Å². The highest BCUT2D eigenvalue weighted by molar-refractivity contribution is 7.99. The maximum Gasteiger partial charge on any atom is 0.123 e. The summed E-state index contributed by atoms with van der Waals surface area (Å²) in [4.78, 5) is 6.28. The molecule has 0 radical (unpaired) electrons. The van der Waals surface area contributed by atoms with Crippen molar-refractivity contribution in [2.75, 3.05) is 45.0 Å². The highest BCUT2D eigenvalue weighted by atomic mass is 32.2. The molecule has 166 valence electrons. The summed E-state index contributed by atoms with van der Waals surface area (Å²) in [5.74, 6) is 1.46. The maximum absolute atomic E-state index is 13.0. The van der Waals surface area contributed by atoms with Crippen LogP contribution in [0.25, 0.3) is 0 Å². The van der Waals surface area contributed by atoms with Gasteiger partial charge in [-0.2, -0.15) is 5.26 Å². The SMILES string of the molecule is CCC(CCCN1CCN(CCSc2ccc(F)cc2)CC1)c1ccc(C#N)c(C)c1. The molecule has 0 aromatic heterocycles. The lowest BCUT2D eigenvalue weighted by Gasteiger charge is -2.34. The van der Waals surface area contributed by atoms with Crippen LogP contribution in [0, 0.1) is 24.1 Å². The van der Waals surface area contributed by atoms with Crippen LogP contribution in [0.2, 0.25) is 0 Å². The molecule has 1 fully saturated rings. The van der Waals surface area contributed by atoms with Crippen molar-refractivity contribution in [1.29, 1.82) is 5.26 Å². The van der Waals surface area contributed by atoms with Crippen molar-refractivity contribution in [3.05, 3.63) is 65.0 Å². The molecule has 0 N–H and O–H groups in total. The van der Waals surface area contributed by atoms with Crippen LogP contribution < -0.4 is 0 Å². The summed E-state index contributed by atoms with van der Waals surface area (Å²) in [5, 5.41) is 9.15. The first-order chi connectivity index (χ1) is 15.1. The molecule has 1 saturated heterocycles. The molecule has 0 saturated carbocycles. The molecule has 0 spiro atoms. The summed E-state index contributed by atoms with van der Waals surface area (Å²) in [6.45, 7) is 11.1. The number of hydrogen-bond donors (Lipinski definition) is 0. The predicted molar refractivity (Wildman–Crippen MR) is 128 cm³/mol. The van der Waals surface area contributed by atoms with E-state index in [4.69, 9.17) is 5.26 Å². The molecule has 0 bridgehead atoms. The molecule has 31 heavy (non-hydrogen) atoms. The molecule has 3 nitrogen and oxygen atoms in total. The van der Waals surface area contributed by atoms with E-state index in [0.717, 1.165) is 60.9 Å². The van der Waals surface area contributed by atoms with E-state index in [1.165, 1.54) is 37.1 Å². The van der Waals surface area contributed by atoms with E-state index in [2.05, 4.69) is 34.9 Å². The van der Waals surface area contributed by atoms with Gasteiger partial charge in [-0.05, 0) is 80.1 Å². The molecule has 2 aromatic carbocycles.